The van der Waals surface area contributed by atoms with Crippen LogP contribution >= 0.6 is 11.6 Å². The molecule has 1 saturated heterocycles. The summed E-state index contributed by atoms with van der Waals surface area (Å²) in [7, 11) is -3.17. The largest absolute Gasteiger partial charge is 0.481 e. The number of methoxy groups -OCH3 is 1. The van der Waals surface area contributed by atoms with Crippen molar-refractivity contribution >= 4 is 33.4 Å². The highest BCUT2D eigenvalue weighted by Gasteiger charge is 2.34. The Bertz CT molecular complexity index is 637. The fraction of sp³-hybridized carbons (Fsp3) is 0.455. The number of rotatable bonds is 4. The molecule has 0 aromatic carbocycles. The lowest BCUT2D eigenvalue weighted by Crippen LogP contribution is -2.25. The summed E-state index contributed by atoms with van der Waals surface area (Å²) in [5.74, 6) is -1.27. The number of carbonyl (C=O) groups excluding carboxylic acids is 1. The van der Waals surface area contributed by atoms with Gasteiger partial charge in [0.15, 0.2) is 5.15 Å². The van der Waals surface area contributed by atoms with Gasteiger partial charge in [0.2, 0.25) is 11.8 Å². The first-order valence-corrected chi connectivity index (χ1v) is 7.66. The number of ether oxygens (including phenoxy) is 1. The predicted molar refractivity (Wildman–Crippen MR) is 71.2 cm³/mol. The number of anilines is 1. The van der Waals surface area contributed by atoms with E-state index < -0.39 is 21.9 Å². The van der Waals surface area contributed by atoms with Gasteiger partial charge in [-0.3, -0.25) is 4.79 Å². The third kappa shape index (κ3) is 3.37. The lowest BCUT2D eigenvalue weighted by atomic mass is 10.1. The molecule has 1 unspecified atom stereocenters. The van der Waals surface area contributed by atoms with E-state index in [1.807, 2.05) is 0 Å². The van der Waals surface area contributed by atoms with Crippen LogP contribution in [0, 0.1) is 5.92 Å². The maximum atomic E-state index is 12.7. The number of hydrogen-bond acceptors (Lipinski definition) is 5. The Morgan fingerprint density at radius 3 is 2.80 bits per heavy atom. The summed E-state index contributed by atoms with van der Waals surface area (Å²) in [4.78, 5) is 17.1. The van der Waals surface area contributed by atoms with Crippen LogP contribution in [0.15, 0.2) is 12.1 Å². The lowest BCUT2D eigenvalue weighted by Gasteiger charge is -2.17. The molecular weight excluding hydrogens is 311 g/mol. The SMILES string of the molecule is COc1ccc(N2CC(CS(=O)(=O)F)CC2=O)c(Cl)n1. The van der Waals surface area contributed by atoms with E-state index in [1.54, 1.807) is 6.07 Å². The average Bonchev–Trinajstić information content (AvgIpc) is 2.67. The van der Waals surface area contributed by atoms with Crippen LogP contribution in [-0.4, -0.2) is 38.7 Å². The molecule has 0 N–H and O–H groups in total. The monoisotopic (exact) mass is 322 g/mol. The quantitative estimate of drug-likeness (QED) is 0.618. The van der Waals surface area contributed by atoms with E-state index in [0.29, 0.717) is 11.6 Å². The van der Waals surface area contributed by atoms with Crippen molar-refractivity contribution in [3.05, 3.63) is 17.3 Å². The van der Waals surface area contributed by atoms with Crippen LogP contribution in [0.4, 0.5) is 9.57 Å². The summed E-state index contributed by atoms with van der Waals surface area (Å²) in [5.41, 5.74) is 0.358. The third-order valence-corrected chi connectivity index (χ3v) is 4.09. The van der Waals surface area contributed by atoms with Crippen molar-refractivity contribution < 1.29 is 21.8 Å². The fourth-order valence-corrected chi connectivity index (χ4v) is 3.17. The van der Waals surface area contributed by atoms with Crippen molar-refractivity contribution in [3.8, 4) is 5.88 Å². The molecule has 0 saturated carbocycles. The molecular formula is C11H12ClFN2O4S. The summed E-state index contributed by atoms with van der Waals surface area (Å²) in [6.07, 6.45) is -0.0362. The summed E-state index contributed by atoms with van der Waals surface area (Å²) in [6.45, 7) is 0.0930. The molecule has 0 radical (unpaired) electrons. The Labute approximate surface area is 120 Å². The van der Waals surface area contributed by atoms with Crippen LogP contribution in [-0.2, 0) is 15.0 Å². The number of halogens is 2. The molecule has 1 aromatic heterocycles. The second-order valence-electron chi connectivity index (χ2n) is 4.44. The molecule has 20 heavy (non-hydrogen) atoms. The Kier molecular flexibility index (Phi) is 4.14. The van der Waals surface area contributed by atoms with Crippen LogP contribution < -0.4 is 9.64 Å². The molecule has 2 rings (SSSR count). The zero-order chi connectivity index (χ0) is 14.9. The number of pyridine rings is 1. The topological polar surface area (TPSA) is 76.6 Å². The van der Waals surface area contributed by atoms with Gasteiger partial charge in [0.05, 0.1) is 18.6 Å². The minimum absolute atomic E-state index is 0.0362. The highest BCUT2D eigenvalue weighted by Crippen LogP contribution is 2.32. The van der Waals surface area contributed by atoms with E-state index in [2.05, 4.69) is 4.98 Å². The van der Waals surface area contributed by atoms with Crippen LogP contribution in [0.3, 0.4) is 0 Å². The lowest BCUT2D eigenvalue weighted by molar-refractivity contribution is -0.117. The Balaban J connectivity index is 2.20. The molecule has 1 amide bonds. The van der Waals surface area contributed by atoms with E-state index in [9.17, 15) is 17.1 Å². The van der Waals surface area contributed by atoms with Crippen molar-refractivity contribution in [2.24, 2.45) is 5.92 Å². The van der Waals surface area contributed by atoms with Crippen molar-refractivity contribution in [2.75, 3.05) is 24.3 Å². The van der Waals surface area contributed by atoms with Crippen molar-refractivity contribution in [1.29, 1.82) is 0 Å². The van der Waals surface area contributed by atoms with Crippen molar-refractivity contribution in [3.63, 3.8) is 0 Å². The molecule has 110 valence electrons. The smallest absolute Gasteiger partial charge is 0.302 e. The van der Waals surface area contributed by atoms with Crippen molar-refractivity contribution in [2.45, 2.75) is 6.42 Å². The molecule has 0 aliphatic carbocycles. The van der Waals surface area contributed by atoms with E-state index in [1.165, 1.54) is 18.1 Å². The van der Waals surface area contributed by atoms with Gasteiger partial charge in [0.25, 0.3) is 0 Å². The molecule has 1 atom stereocenters. The first kappa shape index (κ1) is 15.0. The van der Waals surface area contributed by atoms with Crippen LogP contribution in [0.5, 0.6) is 5.88 Å². The van der Waals surface area contributed by atoms with Gasteiger partial charge in [-0.05, 0) is 6.07 Å². The number of carbonyl (C=O) groups is 1. The van der Waals surface area contributed by atoms with E-state index in [4.69, 9.17) is 16.3 Å². The van der Waals surface area contributed by atoms with Gasteiger partial charge in [-0.15, -0.1) is 3.89 Å². The maximum absolute atomic E-state index is 12.7. The van der Waals surface area contributed by atoms with Crippen molar-refractivity contribution in [1.82, 2.24) is 4.98 Å². The molecule has 9 heteroatoms. The minimum Gasteiger partial charge on any atom is -0.481 e. The van der Waals surface area contributed by atoms with Gasteiger partial charge in [-0.1, -0.05) is 11.6 Å². The van der Waals surface area contributed by atoms with Crippen LogP contribution in [0.25, 0.3) is 0 Å². The first-order valence-electron chi connectivity index (χ1n) is 5.73. The van der Waals surface area contributed by atoms with Gasteiger partial charge in [-0.2, -0.15) is 13.4 Å². The molecule has 1 aliphatic rings. The number of hydrogen-bond donors (Lipinski definition) is 0. The summed E-state index contributed by atoms with van der Waals surface area (Å²) >= 11 is 5.96. The first-order chi connectivity index (χ1) is 9.30. The third-order valence-electron chi connectivity index (χ3n) is 2.94. The van der Waals surface area contributed by atoms with Gasteiger partial charge in [0.1, 0.15) is 0 Å². The predicted octanol–water partition coefficient (Wildman–Crippen LogP) is 1.40. The van der Waals surface area contributed by atoms with E-state index >= 15 is 0 Å². The molecule has 0 bridgehead atoms. The van der Waals surface area contributed by atoms with E-state index in [0.717, 1.165) is 0 Å². The molecule has 6 nitrogen and oxygen atoms in total. The summed E-state index contributed by atoms with van der Waals surface area (Å²) < 4.78 is 38.8. The second kappa shape index (κ2) is 5.53. The summed E-state index contributed by atoms with van der Waals surface area (Å²) in [6, 6.07) is 3.09. The fourth-order valence-electron chi connectivity index (χ4n) is 2.13. The number of nitrogens with zero attached hydrogens (tertiary/aromatic N) is 2. The zero-order valence-corrected chi connectivity index (χ0v) is 12.1. The molecule has 2 heterocycles. The standard InChI is InChI=1S/C11H12ClFN2O4S/c1-19-9-3-2-8(11(12)14-9)15-5-7(4-10(15)16)6-20(13,17)18/h2-3,7H,4-6H2,1H3. The minimum atomic E-state index is -4.60. The molecule has 0 spiro atoms. The van der Waals surface area contributed by atoms with Gasteiger partial charge in [-0.25, -0.2) is 0 Å². The van der Waals surface area contributed by atoms with Gasteiger partial charge in [0, 0.05) is 24.9 Å². The van der Waals surface area contributed by atoms with Crippen LogP contribution in [0.2, 0.25) is 5.15 Å². The van der Waals surface area contributed by atoms with Crippen LogP contribution in [0.1, 0.15) is 6.42 Å². The van der Waals surface area contributed by atoms with Gasteiger partial charge >= 0.3 is 10.2 Å². The normalized spacial score (nSPS) is 19.4. The Morgan fingerprint density at radius 1 is 1.55 bits per heavy atom. The molecule has 1 aliphatic heterocycles. The Morgan fingerprint density at radius 2 is 2.25 bits per heavy atom. The zero-order valence-electron chi connectivity index (χ0n) is 10.5. The number of amides is 1. The molecule has 1 fully saturated rings. The second-order valence-corrected chi connectivity index (χ2v) is 6.21. The van der Waals surface area contributed by atoms with E-state index in [-0.39, 0.29) is 24.0 Å². The Hall–Kier alpha value is -1.41. The van der Waals surface area contributed by atoms with Gasteiger partial charge < -0.3 is 9.64 Å². The highest BCUT2D eigenvalue weighted by molar-refractivity contribution is 7.86. The molecule has 1 aromatic rings. The average molecular weight is 323 g/mol. The number of aromatic nitrogens is 1. The maximum Gasteiger partial charge on any atom is 0.302 e. The summed E-state index contributed by atoms with van der Waals surface area (Å²) in [5, 5.41) is 0.0708. The highest BCUT2D eigenvalue weighted by atomic mass is 35.5.